The fourth-order valence-corrected chi connectivity index (χ4v) is 6.65. The fourth-order valence-electron chi connectivity index (χ4n) is 5.37. The number of carbonyl (C=O) groups is 2. The molecule has 2 heterocycles. The minimum absolute atomic E-state index is 0.0313. The Kier molecular flexibility index (Phi) is 10.0. The van der Waals surface area contributed by atoms with Gasteiger partial charge in [-0.3, -0.25) is 19.2 Å². The lowest BCUT2D eigenvalue weighted by molar-refractivity contribution is -0.132. The number of amides is 2. The van der Waals surface area contributed by atoms with Crippen molar-refractivity contribution in [2.75, 3.05) is 57.6 Å². The van der Waals surface area contributed by atoms with Crippen LogP contribution in [-0.2, 0) is 14.8 Å². The SMILES string of the molecule is CN1CCC(N2CCN(C(=O)CNC(=O)c3ccc(S(=O)(=O)Nc4ccccc4Oc4ccc(F)cc4Cl)cc3)CC2)CC1. The number of hydrogen-bond acceptors (Lipinski definition) is 7. The van der Waals surface area contributed by atoms with Gasteiger partial charge in [0.2, 0.25) is 5.91 Å². The number of para-hydroxylation sites is 2. The Balaban J connectivity index is 1.13. The Morgan fingerprint density at radius 2 is 1.61 bits per heavy atom. The average Bonchev–Trinajstić information content (AvgIpc) is 3.02. The number of nitrogens with zero attached hydrogens (tertiary/aromatic N) is 3. The van der Waals surface area contributed by atoms with E-state index >= 15 is 0 Å². The van der Waals surface area contributed by atoms with Gasteiger partial charge in [-0.05, 0) is 87.6 Å². The number of benzene rings is 3. The van der Waals surface area contributed by atoms with E-state index in [-0.39, 0.29) is 45.1 Å². The maximum absolute atomic E-state index is 13.4. The summed E-state index contributed by atoms with van der Waals surface area (Å²) in [6, 6.07) is 15.9. The minimum Gasteiger partial charge on any atom is -0.454 e. The molecule has 2 aliphatic rings. The van der Waals surface area contributed by atoms with Gasteiger partial charge in [-0.2, -0.15) is 0 Å². The summed E-state index contributed by atoms with van der Waals surface area (Å²) in [5, 5.41) is 2.68. The molecule has 3 aromatic carbocycles. The third-order valence-corrected chi connectivity index (χ3v) is 9.62. The maximum atomic E-state index is 13.4. The van der Waals surface area contributed by atoms with Gasteiger partial charge in [0.15, 0.2) is 5.75 Å². The van der Waals surface area contributed by atoms with Gasteiger partial charge in [-0.1, -0.05) is 23.7 Å². The van der Waals surface area contributed by atoms with Gasteiger partial charge in [0, 0.05) is 37.8 Å². The smallest absolute Gasteiger partial charge is 0.262 e. The summed E-state index contributed by atoms with van der Waals surface area (Å²) in [5.74, 6) is -0.837. The molecule has 5 rings (SSSR count). The highest BCUT2D eigenvalue weighted by Crippen LogP contribution is 2.35. The van der Waals surface area contributed by atoms with Gasteiger partial charge < -0.3 is 19.9 Å². The molecule has 0 aliphatic carbocycles. The second kappa shape index (κ2) is 13.9. The number of piperazine rings is 1. The van der Waals surface area contributed by atoms with Crippen LogP contribution in [0.15, 0.2) is 71.6 Å². The van der Waals surface area contributed by atoms with E-state index in [1.807, 2.05) is 0 Å². The predicted octanol–water partition coefficient (Wildman–Crippen LogP) is 4.04. The summed E-state index contributed by atoms with van der Waals surface area (Å²) in [5.41, 5.74) is 0.360. The quantitative estimate of drug-likeness (QED) is 0.362. The highest BCUT2D eigenvalue weighted by Gasteiger charge is 2.28. The zero-order valence-electron chi connectivity index (χ0n) is 24.3. The summed E-state index contributed by atoms with van der Waals surface area (Å²) in [7, 11) is -1.92. The molecule has 0 unspecified atom stereocenters. The van der Waals surface area contributed by atoms with Crippen molar-refractivity contribution >= 4 is 39.1 Å². The van der Waals surface area contributed by atoms with Crippen LogP contribution in [0.2, 0.25) is 5.02 Å². The number of likely N-dealkylation sites (tertiary alicyclic amines) is 1. The molecule has 0 bridgehead atoms. The Hall–Kier alpha value is -3.71. The standard InChI is InChI=1S/C31H35ClFN5O5S/c1-36-14-12-24(13-15-36)37-16-18-38(19-17-37)30(39)21-34-31(40)22-6-9-25(10-7-22)44(41,42)35-27-4-2-3-5-29(27)43-28-11-8-23(33)20-26(28)32/h2-11,20,24,35H,12-19,21H2,1H3,(H,34,40). The van der Waals surface area contributed by atoms with Gasteiger partial charge >= 0.3 is 0 Å². The first-order valence-corrected chi connectivity index (χ1v) is 16.3. The highest BCUT2D eigenvalue weighted by molar-refractivity contribution is 7.92. The third kappa shape index (κ3) is 7.86. The van der Waals surface area contributed by atoms with E-state index in [1.165, 1.54) is 42.5 Å². The van der Waals surface area contributed by atoms with E-state index in [4.69, 9.17) is 16.3 Å². The summed E-state index contributed by atoms with van der Waals surface area (Å²) < 4.78 is 47.9. The molecule has 0 saturated carbocycles. The van der Waals surface area contributed by atoms with Crippen LogP contribution >= 0.6 is 11.6 Å². The summed E-state index contributed by atoms with van der Waals surface area (Å²) in [6.45, 7) is 4.97. The van der Waals surface area contributed by atoms with Crippen LogP contribution in [0.3, 0.4) is 0 Å². The van der Waals surface area contributed by atoms with Crippen LogP contribution < -0.4 is 14.8 Å². The Morgan fingerprint density at radius 3 is 2.30 bits per heavy atom. The summed E-state index contributed by atoms with van der Waals surface area (Å²) in [6.07, 6.45) is 2.29. The number of nitrogens with one attached hydrogen (secondary N) is 2. The van der Waals surface area contributed by atoms with Crippen molar-refractivity contribution in [2.45, 2.75) is 23.8 Å². The Labute approximate surface area is 261 Å². The maximum Gasteiger partial charge on any atom is 0.262 e. The molecular weight excluding hydrogens is 609 g/mol. The van der Waals surface area contributed by atoms with Crippen molar-refractivity contribution < 1.29 is 27.1 Å². The van der Waals surface area contributed by atoms with E-state index in [0.717, 1.165) is 45.1 Å². The predicted molar refractivity (Wildman–Crippen MR) is 166 cm³/mol. The molecule has 10 nitrogen and oxygen atoms in total. The molecule has 2 aliphatic heterocycles. The van der Waals surface area contributed by atoms with Gasteiger partial charge in [-0.25, -0.2) is 12.8 Å². The number of ether oxygens (including phenoxy) is 1. The number of rotatable bonds is 9. The fraction of sp³-hybridized carbons (Fsp3) is 0.355. The lowest BCUT2D eigenvalue weighted by Crippen LogP contribution is -2.55. The second-order valence-corrected chi connectivity index (χ2v) is 13.0. The van der Waals surface area contributed by atoms with Crippen LogP contribution in [0.25, 0.3) is 0 Å². The molecule has 0 radical (unpaired) electrons. The molecule has 2 fully saturated rings. The molecule has 0 atom stereocenters. The van der Waals surface area contributed by atoms with Gasteiger partial charge in [0.1, 0.15) is 11.6 Å². The molecule has 2 saturated heterocycles. The molecule has 0 aromatic heterocycles. The number of carbonyl (C=O) groups excluding carboxylic acids is 2. The first-order chi connectivity index (χ1) is 21.1. The molecule has 234 valence electrons. The van der Waals surface area contributed by atoms with Crippen molar-refractivity contribution in [3.63, 3.8) is 0 Å². The number of halogens is 2. The number of piperidine rings is 1. The topological polar surface area (TPSA) is 111 Å². The van der Waals surface area contributed by atoms with Crippen molar-refractivity contribution in [1.82, 2.24) is 20.0 Å². The Bertz CT molecular complexity index is 1590. The molecule has 2 N–H and O–H groups in total. The van der Waals surface area contributed by atoms with Gasteiger partial charge in [0.25, 0.3) is 15.9 Å². The van der Waals surface area contributed by atoms with Crippen molar-refractivity contribution in [3.8, 4) is 11.5 Å². The molecule has 13 heteroatoms. The van der Waals surface area contributed by atoms with Crippen molar-refractivity contribution in [3.05, 3.63) is 83.1 Å². The molecule has 2 amide bonds. The largest absolute Gasteiger partial charge is 0.454 e. The van der Waals surface area contributed by atoms with Crippen LogP contribution in [0.5, 0.6) is 11.5 Å². The molecule has 3 aromatic rings. The minimum atomic E-state index is -4.07. The third-order valence-electron chi connectivity index (χ3n) is 7.94. The van der Waals surface area contributed by atoms with Gasteiger partial charge in [0.05, 0.1) is 22.2 Å². The summed E-state index contributed by atoms with van der Waals surface area (Å²) >= 11 is 6.06. The molecule has 44 heavy (non-hydrogen) atoms. The first-order valence-electron chi connectivity index (χ1n) is 14.4. The van der Waals surface area contributed by atoms with E-state index in [2.05, 4.69) is 26.9 Å². The number of anilines is 1. The summed E-state index contributed by atoms with van der Waals surface area (Å²) in [4.78, 5) is 32.0. The number of hydrogen-bond donors (Lipinski definition) is 2. The lowest BCUT2D eigenvalue weighted by Gasteiger charge is -2.42. The van der Waals surface area contributed by atoms with Crippen LogP contribution in [0.4, 0.5) is 10.1 Å². The Morgan fingerprint density at radius 1 is 0.932 bits per heavy atom. The zero-order chi connectivity index (χ0) is 31.3. The van der Waals surface area contributed by atoms with E-state index < -0.39 is 21.7 Å². The van der Waals surface area contributed by atoms with Crippen LogP contribution in [-0.4, -0.2) is 93.8 Å². The monoisotopic (exact) mass is 643 g/mol. The molecule has 0 spiro atoms. The van der Waals surface area contributed by atoms with Gasteiger partial charge in [-0.15, -0.1) is 0 Å². The second-order valence-electron chi connectivity index (χ2n) is 10.9. The van der Waals surface area contributed by atoms with Crippen molar-refractivity contribution in [2.24, 2.45) is 0 Å². The number of sulfonamides is 1. The lowest BCUT2D eigenvalue weighted by atomic mass is 10.0. The zero-order valence-corrected chi connectivity index (χ0v) is 25.9. The highest BCUT2D eigenvalue weighted by atomic mass is 35.5. The average molecular weight is 644 g/mol. The van der Waals surface area contributed by atoms with E-state index in [9.17, 15) is 22.4 Å². The van der Waals surface area contributed by atoms with E-state index in [0.29, 0.717) is 19.1 Å². The van der Waals surface area contributed by atoms with Crippen molar-refractivity contribution in [1.29, 1.82) is 0 Å². The van der Waals surface area contributed by atoms with Crippen LogP contribution in [0.1, 0.15) is 23.2 Å². The first kappa shape index (κ1) is 31.7. The normalized spacial score (nSPS) is 16.8. The van der Waals surface area contributed by atoms with Crippen LogP contribution in [0, 0.1) is 5.82 Å². The molecular formula is C31H35ClFN5O5S. The van der Waals surface area contributed by atoms with E-state index in [1.54, 1.807) is 23.1 Å².